The second kappa shape index (κ2) is 7.43. The lowest BCUT2D eigenvalue weighted by Gasteiger charge is -2.15. The zero-order valence-electron chi connectivity index (χ0n) is 13.0. The molecule has 2 aromatic rings. The maximum Gasteiger partial charge on any atom is 0.238 e. The van der Waals surface area contributed by atoms with Crippen molar-refractivity contribution in [3.63, 3.8) is 0 Å². The molecule has 1 atom stereocenters. The Morgan fingerprint density at radius 3 is 2.61 bits per heavy atom. The average molecular weight is 335 g/mol. The number of sulfonamides is 1. The van der Waals surface area contributed by atoms with Gasteiger partial charge in [-0.2, -0.15) is 0 Å². The number of nitrogens with two attached hydrogens (primary N) is 1. The van der Waals surface area contributed by atoms with Gasteiger partial charge in [-0.05, 0) is 43.2 Å². The smallest absolute Gasteiger partial charge is 0.238 e. The van der Waals surface area contributed by atoms with Gasteiger partial charge in [0.2, 0.25) is 15.9 Å². The molecule has 0 bridgehead atoms. The van der Waals surface area contributed by atoms with Crippen LogP contribution in [0.15, 0.2) is 53.7 Å². The Morgan fingerprint density at radius 2 is 1.96 bits per heavy atom. The number of hydrogen-bond acceptors (Lipinski definition) is 3. The van der Waals surface area contributed by atoms with E-state index in [4.69, 9.17) is 5.14 Å². The summed E-state index contributed by atoms with van der Waals surface area (Å²) in [6, 6.07) is 9.91. The van der Waals surface area contributed by atoms with E-state index < -0.39 is 10.0 Å². The van der Waals surface area contributed by atoms with Crippen LogP contribution in [0.2, 0.25) is 0 Å². The summed E-state index contributed by atoms with van der Waals surface area (Å²) in [6.07, 6.45) is 5.07. The third kappa shape index (κ3) is 5.22. The van der Waals surface area contributed by atoms with Crippen LogP contribution in [-0.4, -0.2) is 18.9 Å². The first-order valence-electron chi connectivity index (χ1n) is 7.39. The molecular weight excluding hydrogens is 314 g/mol. The Kier molecular flexibility index (Phi) is 5.57. The molecule has 23 heavy (non-hydrogen) atoms. The number of aromatic nitrogens is 1. The second-order valence-electron chi connectivity index (χ2n) is 5.43. The van der Waals surface area contributed by atoms with E-state index in [0.717, 1.165) is 13.0 Å². The van der Waals surface area contributed by atoms with E-state index in [9.17, 15) is 13.2 Å². The van der Waals surface area contributed by atoms with Crippen LogP contribution >= 0.6 is 0 Å². The minimum atomic E-state index is -3.74. The SMILES string of the molecule is CC(NC(=O)CCCn1cccc1)c1cccc(S(N)(=O)=O)c1. The van der Waals surface area contributed by atoms with Crippen LogP contribution in [0.25, 0.3) is 0 Å². The molecule has 1 aromatic carbocycles. The Morgan fingerprint density at radius 1 is 1.26 bits per heavy atom. The number of carbonyl (C=O) groups is 1. The van der Waals surface area contributed by atoms with Crippen molar-refractivity contribution in [1.82, 2.24) is 9.88 Å². The van der Waals surface area contributed by atoms with Crippen molar-refractivity contribution in [2.75, 3.05) is 0 Å². The van der Waals surface area contributed by atoms with E-state index in [0.29, 0.717) is 12.0 Å². The summed E-state index contributed by atoms with van der Waals surface area (Å²) >= 11 is 0. The maximum absolute atomic E-state index is 12.0. The van der Waals surface area contributed by atoms with Gasteiger partial charge in [-0.25, -0.2) is 13.6 Å². The first-order chi connectivity index (χ1) is 10.9. The first kappa shape index (κ1) is 17.2. The third-order valence-corrected chi connectivity index (χ3v) is 4.46. The van der Waals surface area contributed by atoms with Crippen molar-refractivity contribution in [2.24, 2.45) is 5.14 Å². The lowest BCUT2D eigenvalue weighted by molar-refractivity contribution is -0.121. The number of nitrogens with one attached hydrogen (secondary N) is 1. The van der Waals surface area contributed by atoms with Gasteiger partial charge in [0.1, 0.15) is 0 Å². The van der Waals surface area contributed by atoms with Crippen LogP contribution in [-0.2, 0) is 21.4 Å². The van der Waals surface area contributed by atoms with E-state index >= 15 is 0 Å². The van der Waals surface area contributed by atoms with Crippen molar-refractivity contribution in [1.29, 1.82) is 0 Å². The molecule has 0 aliphatic heterocycles. The molecule has 6 nitrogen and oxygen atoms in total. The van der Waals surface area contributed by atoms with Gasteiger partial charge in [0.15, 0.2) is 0 Å². The highest BCUT2D eigenvalue weighted by molar-refractivity contribution is 7.89. The number of primary sulfonamides is 1. The summed E-state index contributed by atoms with van der Waals surface area (Å²) in [6.45, 7) is 2.60. The fraction of sp³-hybridized carbons (Fsp3) is 0.312. The van der Waals surface area contributed by atoms with Gasteiger partial charge in [-0.3, -0.25) is 4.79 Å². The van der Waals surface area contributed by atoms with Crippen LogP contribution in [0, 0.1) is 0 Å². The van der Waals surface area contributed by atoms with Crippen molar-refractivity contribution in [2.45, 2.75) is 37.2 Å². The minimum Gasteiger partial charge on any atom is -0.354 e. The molecule has 1 unspecified atom stereocenters. The summed E-state index contributed by atoms with van der Waals surface area (Å²) in [7, 11) is -3.74. The van der Waals surface area contributed by atoms with Crippen molar-refractivity contribution >= 4 is 15.9 Å². The van der Waals surface area contributed by atoms with E-state index in [2.05, 4.69) is 5.32 Å². The number of carbonyl (C=O) groups excluding carboxylic acids is 1. The lowest BCUT2D eigenvalue weighted by atomic mass is 10.1. The van der Waals surface area contributed by atoms with Gasteiger partial charge >= 0.3 is 0 Å². The number of aryl methyl sites for hydroxylation is 1. The first-order valence-corrected chi connectivity index (χ1v) is 8.94. The number of nitrogens with zero attached hydrogens (tertiary/aromatic N) is 1. The van der Waals surface area contributed by atoms with Gasteiger partial charge in [0.25, 0.3) is 0 Å². The largest absolute Gasteiger partial charge is 0.354 e. The van der Waals surface area contributed by atoms with E-state index in [1.165, 1.54) is 12.1 Å². The standard InChI is InChI=1S/C16H21N3O3S/c1-13(14-6-4-7-15(12-14)23(17,21)22)18-16(20)8-5-11-19-9-2-3-10-19/h2-4,6-7,9-10,12-13H,5,8,11H2,1H3,(H,18,20)(H2,17,21,22). The summed E-state index contributed by atoms with van der Waals surface area (Å²) in [4.78, 5) is 12.0. The van der Waals surface area contributed by atoms with Gasteiger partial charge < -0.3 is 9.88 Å². The molecule has 0 aliphatic carbocycles. The number of hydrogen-bond donors (Lipinski definition) is 2. The summed E-state index contributed by atoms with van der Waals surface area (Å²) in [5.74, 6) is -0.0642. The van der Waals surface area contributed by atoms with Gasteiger partial charge in [0.05, 0.1) is 10.9 Å². The molecule has 3 N–H and O–H groups in total. The van der Waals surface area contributed by atoms with E-state index in [1.807, 2.05) is 36.0 Å². The van der Waals surface area contributed by atoms with Gasteiger partial charge in [-0.15, -0.1) is 0 Å². The highest BCUT2D eigenvalue weighted by atomic mass is 32.2. The third-order valence-electron chi connectivity index (χ3n) is 3.55. The Balaban J connectivity index is 1.88. The van der Waals surface area contributed by atoms with Crippen LogP contribution in [0.5, 0.6) is 0 Å². The van der Waals surface area contributed by atoms with Gasteiger partial charge in [-0.1, -0.05) is 12.1 Å². The van der Waals surface area contributed by atoms with Crippen LogP contribution in [0.3, 0.4) is 0 Å². The minimum absolute atomic E-state index is 0.0451. The van der Waals surface area contributed by atoms with Gasteiger partial charge in [0, 0.05) is 25.4 Å². The molecule has 1 aromatic heterocycles. The molecule has 2 rings (SSSR count). The predicted molar refractivity (Wildman–Crippen MR) is 88.0 cm³/mol. The highest BCUT2D eigenvalue weighted by Gasteiger charge is 2.13. The summed E-state index contributed by atoms with van der Waals surface area (Å²) in [5.41, 5.74) is 0.704. The Bertz CT molecular complexity index is 755. The molecule has 0 fully saturated rings. The average Bonchev–Trinajstić information content (AvgIpc) is 2.99. The van der Waals surface area contributed by atoms with Crippen molar-refractivity contribution in [3.8, 4) is 0 Å². The molecule has 0 radical (unpaired) electrons. The fourth-order valence-corrected chi connectivity index (χ4v) is 2.87. The van der Waals surface area contributed by atoms with Crippen LogP contribution in [0.4, 0.5) is 0 Å². The van der Waals surface area contributed by atoms with E-state index in [-0.39, 0.29) is 16.8 Å². The lowest BCUT2D eigenvalue weighted by Crippen LogP contribution is -2.26. The molecule has 0 saturated carbocycles. The second-order valence-corrected chi connectivity index (χ2v) is 6.99. The normalized spacial score (nSPS) is 12.8. The fourth-order valence-electron chi connectivity index (χ4n) is 2.30. The molecular formula is C16H21N3O3S. The van der Waals surface area contributed by atoms with Crippen LogP contribution in [0.1, 0.15) is 31.4 Å². The number of benzene rings is 1. The molecule has 0 aliphatic rings. The topological polar surface area (TPSA) is 94.2 Å². The summed E-state index contributed by atoms with van der Waals surface area (Å²) in [5, 5.41) is 7.99. The van der Waals surface area contributed by atoms with Crippen LogP contribution < -0.4 is 10.5 Å². The summed E-state index contributed by atoms with van der Waals surface area (Å²) < 4.78 is 24.8. The van der Waals surface area contributed by atoms with Crippen molar-refractivity contribution in [3.05, 3.63) is 54.4 Å². The highest BCUT2D eigenvalue weighted by Crippen LogP contribution is 2.16. The molecule has 124 valence electrons. The molecule has 0 spiro atoms. The van der Waals surface area contributed by atoms with E-state index in [1.54, 1.807) is 12.1 Å². The maximum atomic E-state index is 12.0. The zero-order chi connectivity index (χ0) is 16.9. The molecule has 7 heteroatoms. The monoisotopic (exact) mass is 335 g/mol. The molecule has 1 heterocycles. The Hall–Kier alpha value is -2.12. The molecule has 1 amide bonds. The predicted octanol–water partition coefficient (Wildman–Crippen LogP) is 1.79. The quantitative estimate of drug-likeness (QED) is 0.807. The van der Waals surface area contributed by atoms with Crippen molar-refractivity contribution < 1.29 is 13.2 Å². The number of amides is 1. The zero-order valence-corrected chi connectivity index (χ0v) is 13.8. The number of rotatable bonds is 7. The Labute approximate surface area is 136 Å². The molecule has 0 saturated heterocycles.